The van der Waals surface area contributed by atoms with Crippen LogP contribution in [0.4, 0.5) is 0 Å². The Labute approximate surface area is 153 Å². The van der Waals surface area contributed by atoms with Crippen molar-refractivity contribution in [3.8, 4) is 11.3 Å². The molecule has 0 saturated carbocycles. The lowest BCUT2D eigenvalue weighted by molar-refractivity contribution is 0.112. The topological polar surface area (TPSA) is 58.3 Å². The predicted octanol–water partition coefficient (Wildman–Crippen LogP) is 2.76. The van der Waals surface area contributed by atoms with E-state index in [4.69, 9.17) is 4.52 Å². The molecule has 0 aliphatic carbocycles. The highest BCUT2D eigenvalue weighted by Gasteiger charge is 2.19. The van der Waals surface area contributed by atoms with Gasteiger partial charge in [-0.15, -0.1) is 0 Å². The standard InChI is InChI=1S/C20H23N5O/c1-16-3-2-6-22-20(16)15-25-11-9-24(10-12-25)14-18-13-19(23-26-18)17-4-7-21-8-5-17/h2-8,13H,9-12,14-15H2,1H3. The van der Waals surface area contributed by atoms with Gasteiger partial charge in [0.25, 0.3) is 0 Å². The van der Waals surface area contributed by atoms with Gasteiger partial charge in [-0.25, -0.2) is 0 Å². The molecule has 6 nitrogen and oxygen atoms in total. The molecule has 1 aliphatic rings. The fraction of sp³-hybridized carbons (Fsp3) is 0.350. The molecule has 4 rings (SSSR count). The van der Waals surface area contributed by atoms with Crippen LogP contribution in [0.15, 0.2) is 53.4 Å². The van der Waals surface area contributed by atoms with Crippen LogP contribution in [-0.2, 0) is 13.1 Å². The zero-order valence-electron chi connectivity index (χ0n) is 15.0. The maximum atomic E-state index is 5.52. The van der Waals surface area contributed by atoms with Crippen LogP contribution in [0.2, 0.25) is 0 Å². The fourth-order valence-corrected chi connectivity index (χ4v) is 3.27. The van der Waals surface area contributed by atoms with E-state index in [-0.39, 0.29) is 0 Å². The van der Waals surface area contributed by atoms with Crippen molar-refractivity contribution in [1.29, 1.82) is 0 Å². The van der Waals surface area contributed by atoms with Crippen LogP contribution >= 0.6 is 0 Å². The lowest BCUT2D eigenvalue weighted by atomic mass is 10.2. The number of aryl methyl sites for hydroxylation is 1. The molecule has 0 spiro atoms. The molecule has 0 unspecified atom stereocenters. The summed E-state index contributed by atoms with van der Waals surface area (Å²) in [5.74, 6) is 0.908. The molecule has 0 amide bonds. The van der Waals surface area contributed by atoms with Gasteiger partial charge in [0, 0.05) is 62.9 Å². The second-order valence-electron chi connectivity index (χ2n) is 6.73. The van der Waals surface area contributed by atoms with Gasteiger partial charge in [0.05, 0.1) is 12.2 Å². The SMILES string of the molecule is Cc1cccnc1CN1CCN(Cc2cc(-c3ccncc3)no2)CC1. The lowest BCUT2D eigenvalue weighted by Crippen LogP contribution is -2.45. The maximum Gasteiger partial charge on any atom is 0.151 e. The molecule has 1 fully saturated rings. The van der Waals surface area contributed by atoms with Crippen molar-refractivity contribution in [3.63, 3.8) is 0 Å². The molecule has 1 aliphatic heterocycles. The van der Waals surface area contributed by atoms with E-state index >= 15 is 0 Å². The van der Waals surface area contributed by atoms with Crippen molar-refractivity contribution < 1.29 is 4.52 Å². The van der Waals surface area contributed by atoms with E-state index in [2.05, 4.69) is 37.9 Å². The second-order valence-corrected chi connectivity index (χ2v) is 6.73. The van der Waals surface area contributed by atoms with Gasteiger partial charge in [0.15, 0.2) is 5.76 Å². The quantitative estimate of drug-likeness (QED) is 0.706. The van der Waals surface area contributed by atoms with Crippen LogP contribution in [0.5, 0.6) is 0 Å². The predicted molar refractivity (Wildman–Crippen MR) is 99.3 cm³/mol. The first-order valence-corrected chi connectivity index (χ1v) is 8.99. The summed E-state index contributed by atoms with van der Waals surface area (Å²) in [6.07, 6.45) is 5.42. The van der Waals surface area contributed by atoms with Gasteiger partial charge < -0.3 is 4.52 Å². The number of piperazine rings is 1. The minimum Gasteiger partial charge on any atom is -0.359 e. The molecule has 26 heavy (non-hydrogen) atoms. The van der Waals surface area contributed by atoms with Crippen molar-refractivity contribution in [1.82, 2.24) is 24.9 Å². The summed E-state index contributed by atoms with van der Waals surface area (Å²) in [4.78, 5) is 13.4. The van der Waals surface area contributed by atoms with E-state index in [1.807, 2.05) is 30.5 Å². The van der Waals surface area contributed by atoms with E-state index < -0.39 is 0 Å². The van der Waals surface area contributed by atoms with Crippen molar-refractivity contribution >= 4 is 0 Å². The zero-order chi connectivity index (χ0) is 17.8. The summed E-state index contributed by atoms with van der Waals surface area (Å²) >= 11 is 0. The Morgan fingerprint density at radius 2 is 1.69 bits per heavy atom. The van der Waals surface area contributed by atoms with Crippen molar-refractivity contribution in [2.75, 3.05) is 26.2 Å². The molecule has 0 radical (unpaired) electrons. The molecule has 0 bridgehead atoms. The van der Waals surface area contributed by atoms with E-state index in [1.54, 1.807) is 12.4 Å². The smallest absolute Gasteiger partial charge is 0.151 e. The van der Waals surface area contributed by atoms with Crippen LogP contribution in [0, 0.1) is 6.92 Å². The molecule has 3 aromatic heterocycles. The summed E-state index contributed by atoms with van der Waals surface area (Å²) in [7, 11) is 0. The van der Waals surface area contributed by atoms with Gasteiger partial charge in [0.1, 0.15) is 5.69 Å². The summed E-state index contributed by atoms with van der Waals surface area (Å²) in [6, 6.07) is 10.0. The molecule has 134 valence electrons. The summed E-state index contributed by atoms with van der Waals surface area (Å²) in [5.41, 5.74) is 4.34. The zero-order valence-corrected chi connectivity index (χ0v) is 15.0. The Morgan fingerprint density at radius 1 is 0.962 bits per heavy atom. The number of hydrogen-bond acceptors (Lipinski definition) is 6. The number of hydrogen-bond donors (Lipinski definition) is 0. The van der Waals surface area contributed by atoms with Gasteiger partial charge in [-0.1, -0.05) is 11.2 Å². The molecule has 0 aromatic carbocycles. The number of nitrogens with zero attached hydrogens (tertiary/aromatic N) is 5. The molecule has 0 atom stereocenters. The lowest BCUT2D eigenvalue weighted by Gasteiger charge is -2.34. The molecular weight excluding hydrogens is 326 g/mol. The largest absolute Gasteiger partial charge is 0.359 e. The Bertz CT molecular complexity index is 840. The monoisotopic (exact) mass is 349 g/mol. The van der Waals surface area contributed by atoms with Gasteiger partial charge in [-0.3, -0.25) is 19.8 Å². The molecular formula is C20H23N5O. The Kier molecular flexibility index (Phi) is 5.04. The fourth-order valence-electron chi connectivity index (χ4n) is 3.27. The molecule has 3 aromatic rings. The summed E-state index contributed by atoms with van der Waals surface area (Å²) in [5, 5.41) is 4.18. The molecule has 0 N–H and O–H groups in total. The third kappa shape index (κ3) is 3.98. The second kappa shape index (κ2) is 7.76. The first kappa shape index (κ1) is 16.9. The summed E-state index contributed by atoms with van der Waals surface area (Å²) < 4.78 is 5.52. The van der Waals surface area contributed by atoms with E-state index in [1.165, 1.54) is 11.3 Å². The molecule has 4 heterocycles. The Hall–Kier alpha value is -2.57. The molecule has 6 heteroatoms. The van der Waals surface area contributed by atoms with Gasteiger partial charge in [-0.05, 0) is 30.7 Å². The first-order chi connectivity index (χ1) is 12.8. The van der Waals surface area contributed by atoms with Crippen LogP contribution < -0.4 is 0 Å². The Morgan fingerprint density at radius 3 is 2.42 bits per heavy atom. The van der Waals surface area contributed by atoms with Crippen molar-refractivity contribution in [2.24, 2.45) is 0 Å². The Balaban J connectivity index is 1.30. The number of rotatable bonds is 5. The third-order valence-electron chi connectivity index (χ3n) is 4.87. The minimum absolute atomic E-state index is 0.800. The highest BCUT2D eigenvalue weighted by atomic mass is 16.5. The highest BCUT2D eigenvalue weighted by Crippen LogP contribution is 2.19. The van der Waals surface area contributed by atoms with Crippen LogP contribution in [0.25, 0.3) is 11.3 Å². The van der Waals surface area contributed by atoms with Crippen molar-refractivity contribution in [2.45, 2.75) is 20.0 Å². The van der Waals surface area contributed by atoms with Gasteiger partial charge >= 0.3 is 0 Å². The average Bonchev–Trinajstić information content (AvgIpc) is 3.14. The minimum atomic E-state index is 0.800. The van der Waals surface area contributed by atoms with E-state index in [9.17, 15) is 0 Å². The normalized spacial score (nSPS) is 16.0. The average molecular weight is 349 g/mol. The van der Waals surface area contributed by atoms with Crippen molar-refractivity contribution in [3.05, 3.63) is 65.9 Å². The van der Waals surface area contributed by atoms with Crippen LogP contribution in [-0.4, -0.2) is 51.1 Å². The maximum absolute atomic E-state index is 5.52. The van der Waals surface area contributed by atoms with Gasteiger partial charge in [0.2, 0.25) is 0 Å². The summed E-state index contributed by atoms with van der Waals surface area (Å²) in [6.45, 7) is 7.99. The van der Waals surface area contributed by atoms with E-state index in [0.717, 1.165) is 56.3 Å². The van der Waals surface area contributed by atoms with Crippen LogP contribution in [0.3, 0.4) is 0 Å². The third-order valence-corrected chi connectivity index (χ3v) is 4.87. The highest BCUT2D eigenvalue weighted by molar-refractivity contribution is 5.57. The van der Waals surface area contributed by atoms with Crippen LogP contribution in [0.1, 0.15) is 17.0 Å². The number of pyridine rings is 2. The van der Waals surface area contributed by atoms with E-state index in [0.29, 0.717) is 0 Å². The first-order valence-electron chi connectivity index (χ1n) is 8.99. The van der Waals surface area contributed by atoms with Gasteiger partial charge in [-0.2, -0.15) is 0 Å². The number of aromatic nitrogens is 3. The molecule has 1 saturated heterocycles.